The molecule has 1 aromatic rings. The Hall–Kier alpha value is -0.740. The van der Waals surface area contributed by atoms with Gasteiger partial charge in [0.15, 0.2) is 5.78 Å². The lowest BCUT2D eigenvalue weighted by molar-refractivity contribution is 0.102. The van der Waals surface area contributed by atoms with Gasteiger partial charge in [-0.2, -0.15) is 11.8 Å². The molecule has 5 heteroatoms. The lowest BCUT2D eigenvalue weighted by atomic mass is 10.2. The van der Waals surface area contributed by atoms with Crippen LogP contribution < -0.4 is 5.73 Å². The number of thioether (sulfide) groups is 1. The molecular formula is C11H15ClN2OS. The zero-order chi connectivity index (χ0) is 12.1. The molecule has 0 aliphatic rings. The molecule has 0 aliphatic heterocycles. The van der Waals surface area contributed by atoms with Crippen LogP contribution in [-0.2, 0) is 0 Å². The second-order valence-corrected chi connectivity index (χ2v) is 5.40. The van der Waals surface area contributed by atoms with Gasteiger partial charge in [-0.1, -0.05) is 25.4 Å². The highest BCUT2D eigenvalue weighted by atomic mass is 35.5. The predicted octanol–water partition coefficient (Wildman–Crippen LogP) is 3.03. The maximum atomic E-state index is 11.8. The fourth-order valence-electron chi connectivity index (χ4n) is 1.09. The molecule has 1 aromatic heterocycles. The normalized spacial score (nSPS) is 12.4. The summed E-state index contributed by atoms with van der Waals surface area (Å²) in [5.74, 6) is 0.651. The predicted molar refractivity (Wildman–Crippen MR) is 70.2 cm³/mol. The Morgan fingerprint density at radius 1 is 1.69 bits per heavy atom. The summed E-state index contributed by atoms with van der Waals surface area (Å²) in [4.78, 5) is 15.7. The molecule has 0 bridgehead atoms. The summed E-state index contributed by atoms with van der Waals surface area (Å²) in [6, 6.07) is 1.57. The summed E-state index contributed by atoms with van der Waals surface area (Å²) >= 11 is 7.39. The van der Waals surface area contributed by atoms with Gasteiger partial charge >= 0.3 is 0 Å². The molecule has 88 valence electrons. The SMILES string of the molecule is CCC(C)SCC(=O)c1cc(Cl)cnc1N. The van der Waals surface area contributed by atoms with Gasteiger partial charge in [0.25, 0.3) is 0 Å². The van der Waals surface area contributed by atoms with Gasteiger partial charge < -0.3 is 5.73 Å². The Bertz CT molecular complexity index is 384. The molecule has 1 atom stereocenters. The van der Waals surface area contributed by atoms with Crippen molar-refractivity contribution in [2.75, 3.05) is 11.5 Å². The van der Waals surface area contributed by atoms with E-state index in [4.69, 9.17) is 17.3 Å². The van der Waals surface area contributed by atoms with E-state index in [0.717, 1.165) is 6.42 Å². The Balaban J connectivity index is 2.69. The molecule has 1 heterocycles. The average Bonchev–Trinajstić information content (AvgIpc) is 2.28. The first-order chi connectivity index (χ1) is 7.54. The standard InChI is InChI=1S/C11H15ClN2OS/c1-3-7(2)16-6-10(15)9-4-8(12)5-14-11(9)13/h4-5,7H,3,6H2,1-2H3,(H2,13,14). The molecule has 0 spiro atoms. The molecular weight excluding hydrogens is 244 g/mol. The highest BCUT2D eigenvalue weighted by Crippen LogP contribution is 2.20. The van der Waals surface area contributed by atoms with Crippen LogP contribution in [0.15, 0.2) is 12.3 Å². The minimum Gasteiger partial charge on any atom is -0.383 e. The van der Waals surface area contributed by atoms with E-state index < -0.39 is 0 Å². The maximum Gasteiger partial charge on any atom is 0.176 e. The van der Waals surface area contributed by atoms with Crippen LogP contribution in [0.5, 0.6) is 0 Å². The number of carbonyl (C=O) groups is 1. The number of hydrogen-bond acceptors (Lipinski definition) is 4. The summed E-state index contributed by atoms with van der Waals surface area (Å²) < 4.78 is 0. The van der Waals surface area contributed by atoms with E-state index in [0.29, 0.717) is 21.6 Å². The summed E-state index contributed by atoms with van der Waals surface area (Å²) in [5.41, 5.74) is 6.05. The van der Waals surface area contributed by atoms with Crippen molar-refractivity contribution in [1.82, 2.24) is 4.98 Å². The Kier molecular flexibility index (Phi) is 5.09. The summed E-state index contributed by atoms with van der Waals surface area (Å²) in [6.45, 7) is 4.19. The topological polar surface area (TPSA) is 56.0 Å². The van der Waals surface area contributed by atoms with E-state index in [2.05, 4.69) is 18.8 Å². The lowest BCUT2D eigenvalue weighted by Crippen LogP contribution is -2.10. The zero-order valence-electron chi connectivity index (χ0n) is 9.37. The average molecular weight is 259 g/mol. The summed E-state index contributed by atoms with van der Waals surface area (Å²) in [5, 5.41) is 0.906. The van der Waals surface area contributed by atoms with E-state index in [9.17, 15) is 4.79 Å². The van der Waals surface area contributed by atoms with Crippen molar-refractivity contribution in [2.45, 2.75) is 25.5 Å². The smallest absolute Gasteiger partial charge is 0.176 e. The lowest BCUT2D eigenvalue weighted by Gasteiger charge is -2.08. The van der Waals surface area contributed by atoms with Crippen LogP contribution in [0, 0.1) is 0 Å². The highest BCUT2D eigenvalue weighted by molar-refractivity contribution is 8.00. The largest absolute Gasteiger partial charge is 0.383 e. The summed E-state index contributed by atoms with van der Waals surface area (Å²) in [6.07, 6.45) is 2.48. The van der Waals surface area contributed by atoms with Gasteiger partial charge in [-0.25, -0.2) is 4.98 Å². The van der Waals surface area contributed by atoms with E-state index in [-0.39, 0.29) is 11.6 Å². The van der Waals surface area contributed by atoms with Crippen molar-refractivity contribution in [3.05, 3.63) is 22.8 Å². The van der Waals surface area contributed by atoms with Gasteiger partial charge in [-0.15, -0.1) is 0 Å². The third kappa shape index (κ3) is 3.68. The number of hydrogen-bond donors (Lipinski definition) is 1. The highest BCUT2D eigenvalue weighted by Gasteiger charge is 2.12. The molecule has 0 saturated carbocycles. The first-order valence-electron chi connectivity index (χ1n) is 5.10. The number of pyridine rings is 1. The van der Waals surface area contributed by atoms with Crippen LogP contribution >= 0.6 is 23.4 Å². The molecule has 16 heavy (non-hydrogen) atoms. The van der Waals surface area contributed by atoms with Crippen molar-refractivity contribution in [2.24, 2.45) is 0 Å². The van der Waals surface area contributed by atoms with Crippen molar-refractivity contribution >= 4 is 35.0 Å². The molecule has 0 aliphatic carbocycles. The third-order valence-electron chi connectivity index (χ3n) is 2.26. The first kappa shape index (κ1) is 13.3. The number of carbonyl (C=O) groups excluding carboxylic acids is 1. The number of Topliss-reactive ketones (excluding diaryl/α,β-unsaturated/α-hetero) is 1. The molecule has 0 radical (unpaired) electrons. The monoisotopic (exact) mass is 258 g/mol. The van der Waals surface area contributed by atoms with Gasteiger partial charge in [-0.3, -0.25) is 4.79 Å². The molecule has 0 fully saturated rings. The Morgan fingerprint density at radius 3 is 3.00 bits per heavy atom. The minimum atomic E-state index is -0.0159. The number of nitrogens with two attached hydrogens (primary N) is 1. The van der Waals surface area contributed by atoms with Crippen molar-refractivity contribution in [3.63, 3.8) is 0 Å². The molecule has 0 amide bonds. The Morgan fingerprint density at radius 2 is 2.38 bits per heavy atom. The van der Waals surface area contributed by atoms with Crippen LogP contribution in [0.1, 0.15) is 30.6 Å². The van der Waals surface area contributed by atoms with Crippen LogP contribution in [-0.4, -0.2) is 21.8 Å². The molecule has 0 aromatic carbocycles. The van der Waals surface area contributed by atoms with Crippen molar-refractivity contribution in [3.8, 4) is 0 Å². The molecule has 0 saturated heterocycles. The van der Waals surface area contributed by atoms with Crippen LogP contribution in [0.25, 0.3) is 0 Å². The molecule has 2 N–H and O–H groups in total. The molecule has 3 nitrogen and oxygen atoms in total. The Labute approximate surface area is 105 Å². The summed E-state index contributed by atoms with van der Waals surface area (Å²) in [7, 11) is 0. The van der Waals surface area contributed by atoms with Crippen LogP contribution in [0.4, 0.5) is 5.82 Å². The van der Waals surface area contributed by atoms with Gasteiger partial charge in [-0.05, 0) is 12.5 Å². The fourth-order valence-corrected chi connectivity index (χ4v) is 2.07. The van der Waals surface area contributed by atoms with E-state index >= 15 is 0 Å². The zero-order valence-corrected chi connectivity index (χ0v) is 10.9. The van der Waals surface area contributed by atoms with Crippen molar-refractivity contribution in [1.29, 1.82) is 0 Å². The molecule has 1 unspecified atom stereocenters. The van der Waals surface area contributed by atoms with Crippen LogP contribution in [0.3, 0.4) is 0 Å². The van der Waals surface area contributed by atoms with Gasteiger partial charge in [0.1, 0.15) is 5.82 Å². The number of anilines is 1. The molecule has 1 rings (SSSR count). The third-order valence-corrected chi connectivity index (χ3v) is 3.80. The van der Waals surface area contributed by atoms with Crippen LogP contribution in [0.2, 0.25) is 5.02 Å². The first-order valence-corrected chi connectivity index (χ1v) is 6.53. The minimum absolute atomic E-state index is 0.0159. The maximum absolute atomic E-state index is 11.8. The van der Waals surface area contributed by atoms with Gasteiger partial charge in [0.05, 0.1) is 16.3 Å². The quantitative estimate of drug-likeness (QED) is 0.825. The number of nitrogens with zero attached hydrogens (tertiary/aromatic N) is 1. The van der Waals surface area contributed by atoms with Crippen molar-refractivity contribution < 1.29 is 4.79 Å². The van der Waals surface area contributed by atoms with E-state index in [1.54, 1.807) is 17.8 Å². The van der Waals surface area contributed by atoms with Gasteiger partial charge in [0, 0.05) is 11.4 Å². The fraction of sp³-hybridized carbons (Fsp3) is 0.455. The number of ketones is 1. The second-order valence-electron chi connectivity index (χ2n) is 3.54. The van der Waals surface area contributed by atoms with Gasteiger partial charge in [0.2, 0.25) is 0 Å². The van der Waals surface area contributed by atoms with E-state index in [1.165, 1.54) is 6.20 Å². The number of nitrogen functional groups attached to an aromatic ring is 1. The number of aromatic nitrogens is 1. The number of halogens is 1. The number of rotatable bonds is 5. The van der Waals surface area contributed by atoms with E-state index in [1.807, 2.05) is 0 Å². The second kappa shape index (κ2) is 6.11.